The third-order valence-electron chi connectivity index (χ3n) is 3.57. The van der Waals surface area contributed by atoms with Gasteiger partial charge in [-0.05, 0) is 19.4 Å². The molecule has 1 N–H and O–H groups in total. The van der Waals surface area contributed by atoms with Crippen molar-refractivity contribution in [3.63, 3.8) is 0 Å². The number of benzene rings is 1. The van der Waals surface area contributed by atoms with Gasteiger partial charge in [-0.3, -0.25) is 14.9 Å². The monoisotopic (exact) mass is 314 g/mol. The Morgan fingerprint density at radius 1 is 1.48 bits per heavy atom. The summed E-state index contributed by atoms with van der Waals surface area (Å²) in [4.78, 5) is 21.0. The van der Waals surface area contributed by atoms with Crippen LogP contribution in [0, 0.1) is 23.0 Å². The molecule has 0 spiro atoms. The number of carboxylic acids is 1. The zero-order chi connectivity index (χ0) is 15.8. The third kappa shape index (κ3) is 2.74. The predicted molar refractivity (Wildman–Crippen MR) is 72.3 cm³/mol. The highest BCUT2D eigenvalue weighted by molar-refractivity contribution is 7.89. The first kappa shape index (κ1) is 15.4. The fraction of sp³-hybridized carbons (Fsp3) is 0.417. The molecular weight excluding hydrogens is 300 g/mol. The number of carboxylic acid groups (broad SMARTS) is 1. The highest BCUT2D eigenvalue weighted by atomic mass is 32.2. The van der Waals surface area contributed by atoms with Crippen LogP contribution in [0.2, 0.25) is 0 Å². The van der Waals surface area contributed by atoms with Gasteiger partial charge in [-0.15, -0.1) is 0 Å². The summed E-state index contributed by atoms with van der Waals surface area (Å²) in [5, 5.41) is 19.8. The molecule has 0 aliphatic carbocycles. The van der Waals surface area contributed by atoms with Crippen LogP contribution in [0.4, 0.5) is 5.69 Å². The van der Waals surface area contributed by atoms with Gasteiger partial charge in [-0.1, -0.05) is 6.07 Å². The molecule has 1 heterocycles. The van der Waals surface area contributed by atoms with Crippen LogP contribution in [0.5, 0.6) is 0 Å². The number of hydrogen-bond donors (Lipinski definition) is 1. The van der Waals surface area contributed by atoms with Crippen LogP contribution >= 0.6 is 0 Å². The van der Waals surface area contributed by atoms with Crippen LogP contribution in [0.25, 0.3) is 0 Å². The van der Waals surface area contributed by atoms with Crippen molar-refractivity contribution in [1.29, 1.82) is 0 Å². The average Bonchev–Trinajstić information content (AvgIpc) is 2.88. The maximum absolute atomic E-state index is 12.5. The Bertz CT molecular complexity index is 700. The molecule has 1 saturated heterocycles. The molecule has 1 aromatic rings. The lowest BCUT2D eigenvalue weighted by Gasteiger charge is -2.17. The fourth-order valence-corrected chi connectivity index (χ4v) is 4.11. The van der Waals surface area contributed by atoms with E-state index < -0.39 is 26.8 Å². The Labute approximate surface area is 121 Å². The highest BCUT2D eigenvalue weighted by Crippen LogP contribution is 2.30. The molecule has 114 valence electrons. The highest BCUT2D eigenvalue weighted by Gasteiger charge is 2.37. The number of nitro benzene ring substituents is 1. The molecule has 8 nitrogen and oxygen atoms in total. The molecule has 0 aromatic heterocycles. The second kappa shape index (κ2) is 5.41. The molecule has 1 aromatic carbocycles. The molecule has 1 atom stereocenters. The van der Waals surface area contributed by atoms with Gasteiger partial charge in [0.2, 0.25) is 10.0 Å². The second-order valence-electron chi connectivity index (χ2n) is 4.84. The quantitative estimate of drug-likeness (QED) is 0.654. The SMILES string of the molecule is Cc1c([N+](=O)[O-])cccc1S(=O)(=O)N1CCC(C(=O)O)C1. The van der Waals surface area contributed by atoms with Crippen molar-refractivity contribution in [1.82, 2.24) is 4.31 Å². The minimum Gasteiger partial charge on any atom is -0.481 e. The van der Waals surface area contributed by atoms with E-state index >= 15 is 0 Å². The Morgan fingerprint density at radius 2 is 2.14 bits per heavy atom. The molecule has 9 heteroatoms. The lowest BCUT2D eigenvalue weighted by molar-refractivity contribution is -0.385. The van der Waals surface area contributed by atoms with Crippen molar-refractivity contribution < 1.29 is 23.2 Å². The van der Waals surface area contributed by atoms with Gasteiger partial charge in [0.15, 0.2) is 0 Å². The van der Waals surface area contributed by atoms with Gasteiger partial charge in [-0.25, -0.2) is 8.42 Å². The third-order valence-corrected chi connectivity index (χ3v) is 5.58. The van der Waals surface area contributed by atoms with Crippen LogP contribution in [0.1, 0.15) is 12.0 Å². The van der Waals surface area contributed by atoms with E-state index in [9.17, 15) is 23.3 Å². The number of nitrogens with zero attached hydrogens (tertiary/aromatic N) is 2. The first-order valence-electron chi connectivity index (χ1n) is 6.22. The molecule has 0 radical (unpaired) electrons. The van der Waals surface area contributed by atoms with E-state index in [0.717, 1.165) is 4.31 Å². The lowest BCUT2D eigenvalue weighted by Crippen LogP contribution is -2.30. The molecule has 1 fully saturated rings. The number of rotatable bonds is 4. The molecule has 0 bridgehead atoms. The maximum Gasteiger partial charge on any atom is 0.307 e. The molecular formula is C12H14N2O6S. The lowest BCUT2D eigenvalue weighted by atomic mass is 10.1. The molecule has 1 aliphatic heterocycles. The number of carbonyl (C=O) groups is 1. The summed E-state index contributed by atoms with van der Waals surface area (Å²) in [6.07, 6.45) is 0.239. The maximum atomic E-state index is 12.5. The van der Waals surface area contributed by atoms with Crippen molar-refractivity contribution in [2.24, 2.45) is 5.92 Å². The van der Waals surface area contributed by atoms with Crippen LogP contribution in [-0.2, 0) is 14.8 Å². The first-order valence-corrected chi connectivity index (χ1v) is 7.66. The standard InChI is InChI=1S/C12H14N2O6S/c1-8-10(14(17)18)3-2-4-11(8)21(19,20)13-6-5-9(7-13)12(15)16/h2-4,9H,5-7H2,1H3,(H,15,16). The Kier molecular flexibility index (Phi) is 3.97. The van der Waals surface area contributed by atoms with Crippen molar-refractivity contribution in [2.75, 3.05) is 13.1 Å². The normalized spacial score (nSPS) is 19.6. The summed E-state index contributed by atoms with van der Waals surface area (Å²) in [7, 11) is -3.93. The van der Waals surface area contributed by atoms with Gasteiger partial charge >= 0.3 is 5.97 Å². The number of aliphatic carboxylic acids is 1. The Hall–Kier alpha value is -2.00. The summed E-state index contributed by atoms with van der Waals surface area (Å²) in [6.45, 7) is 1.36. The largest absolute Gasteiger partial charge is 0.481 e. The summed E-state index contributed by atoms with van der Waals surface area (Å²) in [5.41, 5.74) is -0.216. The molecule has 2 rings (SSSR count). The van der Waals surface area contributed by atoms with Crippen molar-refractivity contribution >= 4 is 21.7 Å². The number of sulfonamides is 1. The summed E-state index contributed by atoms with van der Waals surface area (Å²) >= 11 is 0. The molecule has 1 unspecified atom stereocenters. The van der Waals surface area contributed by atoms with E-state index in [1.54, 1.807) is 0 Å². The van der Waals surface area contributed by atoms with Gasteiger partial charge in [-0.2, -0.15) is 4.31 Å². The van der Waals surface area contributed by atoms with E-state index in [2.05, 4.69) is 0 Å². The van der Waals surface area contributed by atoms with Gasteiger partial charge in [0.05, 0.1) is 15.7 Å². The van der Waals surface area contributed by atoms with Gasteiger partial charge in [0.25, 0.3) is 5.69 Å². The van der Waals surface area contributed by atoms with Gasteiger partial charge < -0.3 is 5.11 Å². The van der Waals surface area contributed by atoms with Crippen LogP contribution in [0.15, 0.2) is 23.1 Å². The van der Waals surface area contributed by atoms with E-state index in [4.69, 9.17) is 5.11 Å². The summed E-state index contributed by atoms with van der Waals surface area (Å²) in [5.74, 6) is -1.78. The number of nitro groups is 1. The molecule has 0 amide bonds. The second-order valence-corrected chi connectivity index (χ2v) is 6.75. The Balaban J connectivity index is 2.40. The van der Waals surface area contributed by atoms with E-state index in [-0.39, 0.29) is 35.7 Å². The van der Waals surface area contributed by atoms with E-state index in [0.29, 0.717) is 0 Å². The smallest absolute Gasteiger partial charge is 0.307 e. The van der Waals surface area contributed by atoms with Crippen molar-refractivity contribution in [3.05, 3.63) is 33.9 Å². The van der Waals surface area contributed by atoms with Crippen molar-refractivity contribution in [2.45, 2.75) is 18.2 Å². The predicted octanol–water partition coefficient (Wildman–Crippen LogP) is 0.998. The van der Waals surface area contributed by atoms with Crippen LogP contribution in [-0.4, -0.2) is 41.8 Å². The van der Waals surface area contributed by atoms with Crippen molar-refractivity contribution in [3.8, 4) is 0 Å². The minimum atomic E-state index is -3.93. The fourth-order valence-electron chi connectivity index (χ4n) is 2.37. The molecule has 21 heavy (non-hydrogen) atoms. The van der Waals surface area contributed by atoms with Crippen LogP contribution < -0.4 is 0 Å². The molecule has 0 saturated carbocycles. The van der Waals surface area contributed by atoms with Crippen LogP contribution in [0.3, 0.4) is 0 Å². The van der Waals surface area contributed by atoms with Gasteiger partial charge in [0, 0.05) is 24.7 Å². The molecule has 1 aliphatic rings. The summed E-state index contributed by atoms with van der Waals surface area (Å²) in [6, 6.07) is 3.84. The number of hydrogen-bond acceptors (Lipinski definition) is 5. The zero-order valence-electron chi connectivity index (χ0n) is 11.2. The Morgan fingerprint density at radius 3 is 2.67 bits per heavy atom. The average molecular weight is 314 g/mol. The first-order chi connectivity index (χ1) is 9.75. The topological polar surface area (TPSA) is 118 Å². The summed E-state index contributed by atoms with van der Waals surface area (Å²) < 4.78 is 26.1. The van der Waals surface area contributed by atoms with E-state index in [1.807, 2.05) is 0 Å². The zero-order valence-corrected chi connectivity index (χ0v) is 12.0. The van der Waals surface area contributed by atoms with E-state index in [1.165, 1.54) is 25.1 Å². The van der Waals surface area contributed by atoms with Gasteiger partial charge in [0.1, 0.15) is 0 Å². The minimum absolute atomic E-state index is 0.0567.